The number of nitrogens with zero attached hydrogens (tertiary/aromatic N) is 3. The standard InChI is InChI=1S/C49H60N8O12S2/c1-65-48(59)44(35-53-47(58)40-16-21-45-41(33-40)34-54-57(45)26-6-23-51-46-11-5-22-50-46)56-71(63,64)43-19-14-39(15-20-43)38-12-17-42(18-13-38)70(61,62)55-25-8-28-67-30-32-68-31-29-66-27-7-24-52-49(60)69-36-37-9-3-2-4-10-37/h2-5,9-10,12-22,33-34,44,55-56H,6-8,11,23-32,35-36H2,1H3,(H,50,51)(H,52,60)(H,53,58). The van der Waals surface area contributed by atoms with Gasteiger partial charge in [-0.05, 0) is 84.6 Å². The molecule has 20 nitrogen and oxygen atoms in total. The fourth-order valence-corrected chi connectivity index (χ4v) is 9.26. The number of methoxy groups -OCH3 is 1. The van der Waals surface area contributed by atoms with Crippen LogP contribution in [0.15, 0.2) is 130 Å². The number of rotatable bonds is 30. The number of aliphatic imine (C=N–C) groups is 1. The Kier molecular flexibility index (Phi) is 21.0. The van der Waals surface area contributed by atoms with Gasteiger partial charge in [-0.3, -0.25) is 19.3 Å². The number of ether oxygens (including phenoxy) is 5. The highest BCUT2D eigenvalue weighted by Crippen LogP contribution is 2.24. The van der Waals surface area contributed by atoms with Crippen LogP contribution in [-0.4, -0.2) is 129 Å². The molecule has 4 aromatic carbocycles. The minimum Gasteiger partial charge on any atom is -0.468 e. The summed E-state index contributed by atoms with van der Waals surface area (Å²) < 4.78 is 86.0. The molecule has 6 rings (SSSR count). The van der Waals surface area contributed by atoms with Gasteiger partial charge >= 0.3 is 12.1 Å². The third-order valence-corrected chi connectivity index (χ3v) is 13.7. The van der Waals surface area contributed by atoms with Gasteiger partial charge in [0.05, 0.1) is 55.0 Å². The highest BCUT2D eigenvalue weighted by atomic mass is 32.2. The Morgan fingerprint density at radius 1 is 0.761 bits per heavy atom. The number of hydrogen-bond acceptors (Lipinski definition) is 14. The van der Waals surface area contributed by atoms with E-state index in [0.29, 0.717) is 88.8 Å². The lowest BCUT2D eigenvalue weighted by molar-refractivity contribution is -0.142. The van der Waals surface area contributed by atoms with Crippen LogP contribution in [0.2, 0.25) is 0 Å². The number of esters is 1. The fraction of sp³-hybridized carbons (Fsp3) is 0.367. The van der Waals surface area contributed by atoms with Crippen molar-refractivity contribution in [3.05, 3.63) is 127 Å². The molecule has 71 heavy (non-hydrogen) atoms. The molecular weight excluding hydrogens is 957 g/mol. The summed E-state index contributed by atoms with van der Waals surface area (Å²) >= 11 is 0. The van der Waals surface area contributed by atoms with Crippen LogP contribution >= 0.6 is 0 Å². The first-order chi connectivity index (χ1) is 34.4. The van der Waals surface area contributed by atoms with E-state index in [-0.39, 0.29) is 22.9 Å². The number of aryl methyl sites for hydroxylation is 1. The molecule has 0 radical (unpaired) electrons. The number of sulfonamides is 2. The summed E-state index contributed by atoms with van der Waals surface area (Å²) in [5.74, 6) is -0.489. The van der Waals surface area contributed by atoms with Crippen LogP contribution in [0.4, 0.5) is 4.79 Å². The molecule has 1 atom stereocenters. The zero-order chi connectivity index (χ0) is 50.3. The third kappa shape index (κ3) is 17.4. The Morgan fingerprint density at radius 2 is 1.41 bits per heavy atom. The summed E-state index contributed by atoms with van der Waals surface area (Å²) in [6.07, 6.45) is 7.70. The Morgan fingerprint density at radius 3 is 2.06 bits per heavy atom. The highest BCUT2D eigenvalue weighted by Gasteiger charge is 2.27. The van der Waals surface area contributed by atoms with Crippen molar-refractivity contribution in [1.82, 2.24) is 35.2 Å². The Balaban J connectivity index is 0.848. The van der Waals surface area contributed by atoms with Crippen LogP contribution in [0.5, 0.6) is 0 Å². The van der Waals surface area contributed by atoms with Gasteiger partial charge in [-0.25, -0.2) is 26.4 Å². The molecule has 1 aliphatic rings. The smallest absolute Gasteiger partial charge is 0.407 e. The van der Waals surface area contributed by atoms with E-state index in [1.165, 1.54) is 24.3 Å². The summed E-state index contributed by atoms with van der Waals surface area (Å²) in [5.41, 5.74) is 3.30. The number of carbonyl (C=O) groups is 3. The topological polar surface area (TPSA) is 256 Å². The third-order valence-electron chi connectivity index (χ3n) is 10.8. The largest absolute Gasteiger partial charge is 0.468 e. The van der Waals surface area contributed by atoms with Gasteiger partial charge in [0.15, 0.2) is 0 Å². The number of aromatic nitrogens is 2. The van der Waals surface area contributed by atoms with Crippen LogP contribution in [0.25, 0.3) is 22.0 Å². The molecule has 0 spiro atoms. The molecule has 2 heterocycles. The van der Waals surface area contributed by atoms with Crippen LogP contribution in [0.1, 0.15) is 41.6 Å². The maximum Gasteiger partial charge on any atom is 0.407 e. The second-order valence-corrected chi connectivity index (χ2v) is 19.4. The molecule has 380 valence electrons. The lowest BCUT2D eigenvalue weighted by Crippen LogP contribution is -2.48. The van der Waals surface area contributed by atoms with E-state index in [1.807, 2.05) is 47.3 Å². The number of benzene rings is 4. The van der Waals surface area contributed by atoms with Crippen molar-refractivity contribution in [1.29, 1.82) is 0 Å². The van der Waals surface area contributed by atoms with E-state index in [4.69, 9.17) is 23.7 Å². The van der Waals surface area contributed by atoms with Crippen molar-refractivity contribution < 1.29 is 54.9 Å². The molecule has 0 bridgehead atoms. The number of hydrogen-bond donors (Lipinski definition) is 5. The molecule has 5 N–H and O–H groups in total. The Hall–Kier alpha value is -6.53. The van der Waals surface area contributed by atoms with Crippen molar-refractivity contribution >= 4 is 54.8 Å². The van der Waals surface area contributed by atoms with Crippen molar-refractivity contribution in [2.75, 3.05) is 72.9 Å². The molecule has 1 aliphatic heterocycles. The first kappa shape index (κ1) is 53.8. The molecule has 0 fully saturated rings. The summed E-state index contributed by atoms with van der Waals surface area (Å²) in [6, 6.07) is 25.0. The van der Waals surface area contributed by atoms with Gasteiger partial charge in [-0.1, -0.05) is 60.7 Å². The van der Waals surface area contributed by atoms with Gasteiger partial charge in [-0.2, -0.15) is 9.82 Å². The molecule has 0 saturated carbocycles. The molecule has 5 aromatic rings. The van der Waals surface area contributed by atoms with E-state index in [1.54, 1.807) is 48.7 Å². The molecule has 1 aromatic heterocycles. The van der Waals surface area contributed by atoms with Crippen LogP contribution in [0.3, 0.4) is 0 Å². The normalized spacial score (nSPS) is 13.5. The van der Waals surface area contributed by atoms with Crippen LogP contribution in [-0.2, 0) is 61.7 Å². The summed E-state index contributed by atoms with van der Waals surface area (Å²) in [6.45, 7) is 3.93. The molecule has 1 unspecified atom stereocenters. The van der Waals surface area contributed by atoms with Gasteiger partial charge in [0.2, 0.25) is 20.0 Å². The van der Waals surface area contributed by atoms with E-state index in [2.05, 4.69) is 35.5 Å². The zero-order valence-electron chi connectivity index (χ0n) is 39.4. The minimum absolute atomic E-state index is 0.0551. The van der Waals surface area contributed by atoms with Crippen LogP contribution in [0, 0.1) is 0 Å². The van der Waals surface area contributed by atoms with E-state index in [0.717, 1.165) is 42.3 Å². The Bertz CT molecular complexity index is 2780. The monoisotopic (exact) mass is 1020 g/mol. The number of fused-ring (bicyclic) bond motifs is 1. The van der Waals surface area contributed by atoms with E-state index >= 15 is 0 Å². The van der Waals surface area contributed by atoms with Crippen molar-refractivity contribution in [3.8, 4) is 11.1 Å². The minimum atomic E-state index is -4.27. The predicted molar refractivity (Wildman–Crippen MR) is 265 cm³/mol. The van der Waals surface area contributed by atoms with Crippen molar-refractivity contribution in [2.24, 2.45) is 4.99 Å². The fourth-order valence-electron chi connectivity index (χ4n) is 7.00. The van der Waals surface area contributed by atoms with Gasteiger partial charge in [0.1, 0.15) is 18.5 Å². The maximum atomic E-state index is 13.4. The van der Waals surface area contributed by atoms with Gasteiger partial charge in [0.25, 0.3) is 5.91 Å². The number of alkyl carbamates (subject to hydrolysis) is 1. The molecule has 0 saturated heterocycles. The number of amides is 2. The van der Waals surface area contributed by atoms with Crippen LogP contribution < -0.4 is 25.4 Å². The van der Waals surface area contributed by atoms with Gasteiger partial charge in [-0.15, -0.1) is 0 Å². The quantitative estimate of drug-likeness (QED) is 0.0318. The summed E-state index contributed by atoms with van der Waals surface area (Å²) in [4.78, 5) is 42.1. The molecule has 0 aliphatic carbocycles. The average molecular weight is 1020 g/mol. The zero-order valence-corrected chi connectivity index (χ0v) is 41.1. The highest BCUT2D eigenvalue weighted by molar-refractivity contribution is 7.89. The summed E-state index contributed by atoms with van der Waals surface area (Å²) in [7, 11) is -6.97. The molecular formula is C49H60N8O12S2. The SMILES string of the molecule is COC(=O)C(CNC(=O)c1ccc2c(cnn2CCCN=C2CC=CN2)c1)NS(=O)(=O)c1ccc(-c2ccc(S(=O)(=O)NCCCOCCOCCOCCCNC(=O)OCc3ccccc3)cc2)cc1. The first-order valence-corrected chi connectivity index (χ1v) is 26.1. The molecule has 22 heteroatoms. The predicted octanol–water partition coefficient (Wildman–Crippen LogP) is 4.28. The van der Waals surface area contributed by atoms with E-state index in [9.17, 15) is 31.2 Å². The lowest BCUT2D eigenvalue weighted by atomic mass is 10.1. The second kappa shape index (κ2) is 27.8. The van der Waals surface area contributed by atoms with Gasteiger partial charge in [0, 0.05) is 63.3 Å². The number of nitrogens with one attached hydrogen (secondary N) is 5. The lowest BCUT2D eigenvalue weighted by Gasteiger charge is -2.17. The summed E-state index contributed by atoms with van der Waals surface area (Å²) in [5, 5.41) is 13.6. The van der Waals surface area contributed by atoms with E-state index < -0.39 is 50.6 Å². The first-order valence-electron chi connectivity index (χ1n) is 23.1. The number of amidine groups is 1. The average Bonchev–Trinajstić information content (AvgIpc) is 4.07. The van der Waals surface area contributed by atoms with Crippen molar-refractivity contribution in [2.45, 2.75) is 54.7 Å². The van der Waals surface area contributed by atoms with Crippen molar-refractivity contribution in [3.63, 3.8) is 0 Å². The molecule has 2 amide bonds. The Labute approximate surface area is 413 Å². The number of carbonyl (C=O) groups excluding carboxylic acids is 3. The second-order valence-electron chi connectivity index (χ2n) is 16.0. The maximum absolute atomic E-state index is 13.4. The van der Waals surface area contributed by atoms with Gasteiger partial charge < -0.3 is 39.6 Å².